The van der Waals surface area contributed by atoms with Crippen LogP contribution in [0.1, 0.15) is 49.5 Å². The molecule has 0 unspecified atom stereocenters. The van der Waals surface area contributed by atoms with Crippen molar-refractivity contribution in [2.45, 2.75) is 44.6 Å². The Morgan fingerprint density at radius 1 is 1.33 bits per heavy atom. The molecule has 5 heteroatoms. The molecule has 4 rings (SSSR count). The van der Waals surface area contributed by atoms with Gasteiger partial charge in [0.1, 0.15) is 5.82 Å². The van der Waals surface area contributed by atoms with Gasteiger partial charge in [-0.15, -0.1) is 0 Å². The molecule has 1 aromatic carbocycles. The maximum atomic E-state index is 14.0. The highest BCUT2D eigenvalue weighted by Crippen LogP contribution is 2.61. The third kappa shape index (κ3) is 2.07. The summed E-state index contributed by atoms with van der Waals surface area (Å²) >= 11 is 0. The highest BCUT2D eigenvalue weighted by Gasteiger charge is 2.50. The summed E-state index contributed by atoms with van der Waals surface area (Å²) in [5.74, 6) is 0.998. The van der Waals surface area contributed by atoms with Crippen molar-refractivity contribution in [1.82, 2.24) is 10.1 Å². The molecule has 1 aromatic heterocycles. The molecule has 0 bridgehead atoms. The minimum atomic E-state index is -0.352. The molecule has 0 amide bonds. The standard InChI is InChI=1S/C16H18FN3O/c17-13-6-10(9-18)2-3-12(13)14-19-15(21-20-14)11-7-16(8-11)4-1-5-16/h2-3,6,11H,1,4-5,7-9,18H2. The van der Waals surface area contributed by atoms with Crippen LogP contribution in [0.25, 0.3) is 11.4 Å². The van der Waals surface area contributed by atoms with E-state index in [0.29, 0.717) is 35.2 Å². The van der Waals surface area contributed by atoms with Gasteiger partial charge in [-0.05, 0) is 48.8 Å². The van der Waals surface area contributed by atoms with E-state index in [0.717, 1.165) is 18.4 Å². The van der Waals surface area contributed by atoms with Crippen molar-refractivity contribution in [1.29, 1.82) is 0 Å². The van der Waals surface area contributed by atoms with Gasteiger partial charge in [0.15, 0.2) is 0 Å². The third-order valence-corrected chi connectivity index (χ3v) is 5.07. The van der Waals surface area contributed by atoms with Crippen LogP contribution in [0.15, 0.2) is 22.7 Å². The molecule has 2 aliphatic carbocycles. The van der Waals surface area contributed by atoms with Crippen LogP contribution in [0.3, 0.4) is 0 Å². The number of benzene rings is 1. The predicted octanol–water partition coefficient (Wildman–Crippen LogP) is 3.38. The lowest BCUT2D eigenvalue weighted by molar-refractivity contribution is -0.00166. The van der Waals surface area contributed by atoms with E-state index in [1.807, 2.05) is 0 Å². The molecular weight excluding hydrogens is 269 g/mol. The molecule has 2 N–H and O–H groups in total. The minimum absolute atomic E-state index is 0.318. The maximum absolute atomic E-state index is 14.0. The zero-order chi connectivity index (χ0) is 14.4. The average Bonchev–Trinajstić information content (AvgIpc) is 2.84. The fourth-order valence-electron chi connectivity index (χ4n) is 3.62. The van der Waals surface area contributed by atoms with E-state index in [1.54, 1.807) is 12.1 Å². The Hall–Kier alpha value is -1.75. The number of rotatable bonds is 3. The van der Waals surface area contributed by atoms with E-state index in [1.165, 1.54) is 25.3 Å². The first-order chi connectivity index (χ1) is 10.2. The van der Waals surface area contributed by atoms with E-state index < -0.39 is 0 Å². The van der Waals surface area contributed by atoms with Crippen LogP contribution in [0.5, 0.6) is 0 Å². The quantitative estimate of drug-likeness (QED) is 0.939. The van der Waals surface area contributed by atoms with Gasteiger partial charge in [-0.2, -0.15) is 4.98 Å². The summed E-state index contributed by atoms with van der Waals surface area (Å²) in [6.07, 6.45) is 6.30. The summed E-state index contributed by atoms with van der Waals surface area (Å²) in [6.45, 7) is 0.318. The first-order valence-corrected chi connectivity index (χ1v) is 7.52. The molecule has 2 aromatic rings. The summed E-state index contributed by atoms with van der Waals surface area (Å²) in [5.41, 5.74) is 7.20. The van der Waals surface area contributed by atoms with Crippen LogP contribution >= 0.6 is 0 Å². The molecule has 0 saturated heterocycles. The van der Waals surface area contributed by atoms with Crippen LogP contribution < -0.4 is 5.73 Å². The van der Waals surface area contributed by atoms with Gasteiger partial charge >= 0.3 is 0 Å². The van der Waals surface area contributed by atoms with Crippen LogP contribution in [0, 0.1) is 11.2 Å². The number of hydrogen-bond acceptors (Lipinski definition) is 4. The van der Waals surface area contributed by atoms with Gasteiger partial charge in [-0.1, -0.05) is 17.6 Å². The van der Waals surface area contributed by atoms with Crippen molar-refractivity contribution < 1.29 is 8.91 Å². The molecule has 0 radical (unpaired) electrons. The third-order valence-electron chi connectivity index (χ3n) is 5.07. The van der Waals surface area contributed by atoms with E-state index in [-0.39, 0.29) is 5.82 Å². The van der Waals surface area contributed by atoms with Gasteiger partial charge in [0.25, 0.3) is 0 Å². The van der Waals surface area contributed by atoms with E-state index in [2.05, 4.69) is 10.1 Å². The molecule has 1 spiro atoms. The molecule has 21 heavy (non-hydrogen) atoms. The minimum Gasteiger partial charge on any atom is -0.339 e. The van der Waals surface area contributed by atoms with Crippen LogP contribution in [-0.2, 0) is 6.54 Å². The molecule has 110 valence electrons. The number of hydrogen-bond donors (Lipinski definition) is 1. The Morgan fingerprint density at radius 3 is 2.76 bits per heavy atom. The van der Waals surface area contributed by atoms with E-state index in [4.69, 9.17) is 10.3 Å². The van der Waals surface area contributed by atoms with Crippen LogP contribution in [-0.4, -0.2) is 10.1 Å². The van der Waals surface area contributed by atoms with Crippen molar-refractivity contribution in [2.75, 3.05) is 0 Å². The second kappa shape index (κ2) is 4.63. The number of nitrogens with two attached hydrogens (primary N) is 1. The van der Waals surface area contributed by atoms with E-state index >= 15 is 0 Å². The predicted molar refractivity (Wildman–Crippen MR) is 75.8 cm³/mol. The summed E-state index contributed by atoms with van der Waals surface area (Å²) in [5, 5.41) is 3.94. The van der Waals surface area contributed by atoms with Crippen molar-refractivity contribution in [2.24, 2.45) is 11.1 Å². The molecule has 2 fully saturated rings. The van der Waals surface area contributed by atoms with Gasteiger partial charge in [0.05, 0.1) is 5.56 Å². The Bertz CT molecular complexity index is 670. The number of nitrogens with zero attached hydrogens (tertiary/aromatic N) is 2. The van der Waals surface area contributed by atoms with Crippen LogP contribution in [0.2, 0.25) is 0 Å². The normalized spacial score (nSPS) is 20.3. The van der Waals surface area contributed by atoms with Crippen molar-refractivity contribution in [3.63, 3.8) is 0 Å². The van der Waals surface area contributed by atoms with Gasteiger partial charge in [-0.3, -0.25) is 0 Å². The Balaban J connectivity index is 1.54. The number of aromatic nitrogens is 2. The number of halogens is 1. The second-order valence-electron chi connectivity index (χ2n) is 6.43. The average molecular weight is 287 g/mol. The largest absolute Gasteiger partial charge is 0.339 e. The van der Waals surface area contributed by atoms with Gasteiger partial charge < -0.3 is 10.3 Å². The lowest BCUT2D eigenvalue weighted by Gasteiger charge is -2.53. The van der Waals surface area contributed by atoms with Crippen molar-refractivity contribution in [3.05, 3.63) is 35.5 Å². The fraction of sp³-hybridized carbons (Fsp3) is 0.500. The topological polar surface area (TPSA) is 64.9 Å². The maximum Gasteiger partial charge on any atom is 0.230 e. The lowest BCUT2D eigenvalue weighted by atomic mass is 9.52. The monoisotopic (exact) mass is 287 g/mol. The fourth-order valence-corrected chi connectivity index (χ4v) is 3.62. The highest BCUT2D eigenvalue weighted by atomic mass is 19.1. The zero-order valence-electron chi connectivity index (χ0n) is 11.8. The second-order valence-corrected chi connectivity index (χ2v) is 6.43. The van der Waals surface area contributed by atoms with Crippen molar-refractivity contribution in [3.8, 4) is 11.4 Å². The molecule has 1 heterocycles. The Labute approximate surface area is 122 Å². The first kappa shape index (κ1) is 13.0. The SMILES string of the molecule is NCc1ccc(-c2noc(C3CC4(CCC4)C3)n2)c(F)c1. The summed E-state index contributed by atoms with van der Waals surface area (Å²) < 4.78 is 19.4. The Morgan fingerprint density at radius 2 is 2.14 bits per heavy atom. The molecule has 4 nitrogen and oxygen atoms in total. The Kier molecular flexibility index (Phi) is 2.85. The lowest BCUT2D eigenvalue weighted by Crippen LogP contribution is -2.41. The molecular formula is C16H18FN3O. The van der Waals surface area contributed by atoms with E-state index in [9.17, 15) is 4.39 Å². The summed E-state index contributed by atoms with van der Waals surface area (Å²) in [6, 6.07) is 4.89. The molecule has 0 atom stereocenters. The first-order valence-electron chi connectivity index (χ1n) is 7.52. The van der Waals surface area contributed by atoms with Gasteiger partial charge in [0, 0.05) is 12.5 Å². The zero-order valence-corrected chi connectivity index (χ0v) is 11.8. The van der Waals surface area contributed by atoms with Gasteiger partial charge in [-0.25, -0.2) is 4.39 Å². The highest BCUT2D eigenvalue weighted by molar-refractivity contribution is 5.56. The summed E-state index contributed by atoms with van der Waals surface area (Å²) in [4.78, 5) is 4.39. The van der Waals surface area contributed by atoms with Gasteiger partial charge in [0.2, 0.25) is 11.7 Å². The molecule has 2 saturated carbocycles. The molecule has 0 aliphatic heterocycles. The van der Waals surface area contributed by atoms with Crippen LogP contribution in [0.4, 0.5) is 4.39 Å². The smallest absolute Gasteiger partial charge is 0.230 e. The molecule has 2 aliphatic rings. The van der Waals surface area contributed by atoms with Crippen molar-refractivity contribution >= 4 is 0 Å². The summed E-state index contributed by atoms with van der Waals surface area (Å²) in [7, 11) is 0.